The van der Waals surface area contributed by atoms with Gasteiger partial charge in [-0.1, -0.05) is 30.7 Å². The van der Waals surface area contributed by atoms with Gasteiger partial charge in [-0.05, 0) is 47.2 Å². The van der Waals surface area contributed by atoms with Gasteiger partial charge in [-0.3, -0.25) is 0 Å². The molecule has 2 atom stereocenters. The lowest BCUT2D eigenvalue weighted by atomic mass is 10.0. The number of rotatable bonds is 1. The standard InChI is InChI=1S/C16H18BrN3/c1-10-5-2-3-7-12(10)15-14(17)16-18-9-11-6-4-8-13(11)20(16)19-15/h2-3,5,7,11,13,18H,4,6,8-9H2,1H3. The third kappa shape index (κ3) is 1.74. The van der Waals surface area contributed by atoms with Gasteiger partial charge in [0, 0.05) is 12.1 Å². The molecule has 1 aromatic carbocycles. The summed E-state index contributed by atoms with van der Waals surface area (Å²) >= 11 is 3.76. The average molecular weight is 332 g/mol. The number of nitrogens with zero attached hydrogens (tertiary/aromatic N) is 2. The number of nitrogens with one attached hydrogen (secondary N) is 1. The SMILES string of the molecule is Cc1ccccc1-c1nn2c(c1Br)NCC1CCCC12. The Labute approximate surface area is 127 Å². The van der Waals surface area contributed by atoms with Crippen molar-refractivity contribution in [3.8, 4) is 11.3 Å². The molecule has 0 saturated heterocycles. The van der Waals surface area contributed by atoms with E-state index in [0.29, 0.717) is 6.04 Å². The van der Waals surface area contributed by atoms with E-state index in [1.807, 2.05) is 0 Å². The van der Waals surface area contributed by atoms with Gasteiger partial charge in [-0.15, -0.1) is 0 Å². The number of aromatic nitrogens is 2. The molecular weight excluding hydrogens is 314 g/mol. The minimum atomic E-state index is 0.584. The van der Waals surface area contributed by atoms with E-state index in [2.05, 4.69) is 57.1 Å². The van der Waals surface area contributed by atoms with Gasteiger partial charge >= 0.3 is 0 Å². The molecule has 4 heteroatoms. The van der Waals surface area contributed by atoms with Gasteiger partial charge in [0.05, 0.1) is 10.5 Å². The minimum Gasteiger partial charge on any atom is -0.369 e. The lowest BCUT2D eigenvalue weighted by molar-refractivity contribution is 0.348. The first-order chi connectivity index (χ1) is 9.75. The molecule has 2 aromatic rings. The molecule has 1 aromatic heterocycles. The van der Waals surface area contributed by atoms with E-state index >= 15 is 0 Å². The smallest absolute Gasteiger partial charge is 0.139 e. The summed E-state index contributed by atoms with van der Waals surface area (Å²) < 4.78 is 3.34. The largest absolute Gasteiger partial charge is 0.369 e. The fourth-order valence-electron chi connectivity index (χ4n) is 3.63. The third-order valence-corrected chi connectivity index (χ3v) is 5.47. The average Bonchev–Trinajstić information content (AvgIpc) is 3.04. The van der Waals surface area contributed by atoms with Gasteiger partial charge in [-0.25, -0.2) is 4.68 Å². The van der Waals surface area contributed by atoms with Crippen LogP contribution in [0.4, 0.5) is 5.82 Å². The Bertz CT molecular complexity index is 662. The molecule has 1 saturated carbocycles. The van der Waals surface area contributed by atoms with E-state index in [4.69, 9.17) is 5.10 Å². The minimum absolute atomic E-state index is 0.584. The molecule has 0 bridgehead atoms. The first-order valence-electron chi connectivity index (χ1n) is 7.33. The van der Waals surface area contributed by atoms with Crippen LogP contribution in [0, 0.1) is 12.8 Å². The molecule has 2 unspecified atom stereocenters. The summed E-state index contributed by atoms with van der Waals surface area (Å²) in [5, 5.41) is 8.50. The molecule has 0 spiro atoms. The number of aryl methyl sites for hydroxylation is 1. The Morgan fingerprint density at radius 2 is 2.15 bits per heavy atom. The Morgan fingerprint density at radius 1 is 1.30 bits per heavy atom. The number of halogens is 1. The molecule has 0 amide bonds. The van der Waals surface area contributed by atoms with Crippen molar-refractivity contribution in [3.63, 3.8) is 0 Å². The lowest BCUT2D eigenvalue weighted by Gasteiger charge is -2.28. The summed E-state index contributed by atoms with van der Waals surface area (Å²) in [4.78, 5) is 0. The molecule has 4 rings (SSSR count). The molecule has 1 aliphatic heterocycles. The van der Waals surface area contributed by atoms with Gasteiger partial charge in [0.2, 0.25) is 0 Å². The van der Waals surface area contributed by atoms with Crippen molar-refractivity contribution in [2.45, 2.75) is 32.2 Å². The van der Waals surface area contributed by atoms with E-state index in [1.54, 1.807) is 0 Å². The predicted molar refractivity (Wildman–Crippen MR) is 85.0 cm³/mol. The normalized spacial score (nSPS) is 24.1. The Balaban J connectivity index is 1.86. The van der Waals surface area contributed by atoms with E-state index in [1.165, 1.54) is 30.4 Å². The van der Waals surface area contributed by atoms with Crippen LogP contribution in [0.15, 0.2) is 28.7 Å². The van der Waals surface area contributed by atoms with Crippen LogP contribution in [-0.2, 0) is 0 Å². The van der Waals surface area contributed by atoms with Crippen LogP contribution >= 0.6 is 15.9 Å². The van der Waals surface area contributed by atoms with Crippen molar-refractivity contribution < 1.29 is 0 Å². The maximum Gasteiger partial charge on any atom is 0.139 e. The second-order valence-electron chi connectivity index (χ2n) is 5.91. The highest BCUT2D eigenvalue weighted by Gasteiger charge is 2.36. The van der Waals surface area contributed by atoms with Gasteiger partial charge in [0.1, 0.15) is 11.5 Å². The summed E-state index contributed by atoms with van der Waals surface area (Å²) in [6, 6.07) is 9.04. The number of fused-ring (bicyclic) bond motifs is 3. The predicted octanol–water partition coefficient (Wildman–Crippen LogP) is 4.39. The van der Waals surface area contributed by atoms with Crippen molar-refractivity contribution in [1.82, 2.24) is 9.78 Å². The van der Waals surface area contributed by atoms with E-state index in [9.17, 15) is 0 Å². The summed E-state index contributed by atoms with van der Waals surface area (Å²) in [7, 11) is 0. The molecule has 2 aliphatic rings. The van der Waals surface area contributed by atoms with E-state index in [0.717, 1.165) is 28.4 Å². The third-order valence-electron chi connectivity index (χ3n) is 4.72. The fourth-order valence-corrected chi connectivity index (χ4v) is 4.24. The zero-order valence-corrected chi connectivity index (χ0v) is 13.2. The number of benzene rings is 1. The monoisotopic (exact) mass is 331 g/mol. The number of anilines is 1. The Kier molecular flexibility index (Phi) is 2.88. The highest BCUT2D eigenvalue weighted by molar-refractivity contribution is 9.10. The van der Waals surface area contributed by atoms with Gasteiger partial charge < -0.3 is 5.32 Å². The van der Waals surface area contributed by atoms with Crippen LogP contribution < -0.4 is 5.32 Å². The van der Waals surface area contributed by atoms with Crippen molar-refractivity contribution in [3.05, 3.63) is 34.3 Å². The van der Waals surface area contributed by atoms with Crippen molar-refractivity contribution in [1.29, 1.82) is 0 Å². The van der Waals surface area contributed by atoms with Crippen molar-refractivity contribution in [2.24, 2.45) is 5.92 Å². The topological polar surface area (TPSA) is 29.9 Å². The van der Waals surface area contributed by atoms with Gasteiger partial charge in [0.15, 0.2) is 0 Å². The highest BCUT2D eigenvalue weighted by atomic mass is 79.9. The van der Waals surface area contributed by atoms with Crippen LogP contribution in [0.3, 0.4) is 0 Å². The molecule has 2 heterocycles. The maximum atomic E-state index is 4.93. The zero-order chi connectivity index (χ0) is 13.7. The first-order valence-corrected chi connectivity index (χ1v) is 8.13. The first kappa shape index (κ1) is 12.5. The summed E-state index contributed by atoms with van der Waals surface area (Å²) in [6.45, 7) is 3.23. The molecule has 1 fully saturated rings. The number of hydrogen-bond acceptors (Lipinski definition) is 2. The van der Waals surface area contributed by atoms with Gasteiger partial charge in [-0.2, -0.15) is 5.10 Å². The lowest BCUT2D eigenvalue weighted by Crippen LogP contribution is -2.29. The second-order valence-corrected chi connectivity index (χ2v) is 6.70. The second kappa shape index (κ2) is 4.62. The zero-order valence-electron chi connectivity index (χ0n) is 11.6. The quantitative estimate of drug-likeness (QED) is 0.839. The fraction of sp³-hybridized carbons (Fsp3) is 0.438. The van der Waals surface area contributed by atoms with Crippen molar-refractivity contribution >= 4 is 21.7 Å². The molecular formula is C16H18BrN3. The summed E-state index contributed by atoms with van der Waals surface area (Å²) in [5.74, 6) is 1.91. The Morgan fingerprint density at radius 3 is 3.00 bits per heavy atom. The summed E-state index contributed by atoms with van der Waals surface area (Å²) in [6.07, 6.45) is 3.92. The van der Waals surface area contributed by atoms with Crippen LogP contribution in [-0.4, -0.2) is 16.3 Å². The summed E-state index contributed by atoms with van der Waals surface area (Å²) in [5.41, 5.74) is 3.56. The van der Waals surface area contributed by atoms with Crippen LogP contribution in [0.25, 0.3) is 11.3 Å². The molecule has 1 aliphatic carbocycles. The Hall–Kier alpha value is -1.29. The maximum absolute atomic E-state index is 4.93. The molecule has 1 N–H and O–H groups in total. The van der Waals surface area contributed by atoms with Crippen LogP contribution in [0.2, 0.25) is 0 Å². The highest BCUT2D eigenvalue weighted by Crippen LogP contribution is 2.45. The number of hydrogen-bond donors (Lipinski definition) is 1. The molecule has 104 valence electrons. The van der Waals surface area contributed by atoms with Crippen molar-refractivity contribution in [2.75, 3.05) is 11.9 Å². The van der Waals surface area contributed by atoms with Crippen LogP contribution in [0.5, 0.6) is 0 Å². The van der Waals surface area contributed by atoms with Crippen LogP contribution in [0.1, 0.15) is 30.9 Å². The van der Waals surface area contributed by atoms with E-state index < -0.39 is 0 Å². The molecule has 0 radical (unpaired) electrons. The van der Waals surface area contributed by atoms with E-state index in [-0.39, 0.29) is 0 Å². The molecule has 20 heavy (non-hydrogen) atoms. The van der Waals surface area contributed by atoms with Gasteiger partial charge in [0.25, 0.3) is 0 Å². The molecule has 3 nitrogen and oxygen atoms in total.